The molecule has 5 heteroatoms. The Balaban J connectivity index is 2.92. The molecule has 0 fully saturated rings. The van der Waals surface area contributed by atoms with Crippen molar-refractivity contribution in [1.29, 1.82) is 0 Å². The van der Waals surface area contributed by atoms with Crippen molar-refractivity contribution in [3.05, 3.63) is 28.2 Å². The second-order valence-corrected chi connectivity index (χ2v) is 4.22. The van der Waals surface area contributed by atoms with Gasteiger partial charge in [0.2, 0.25) is 0 Å². The lowest BCUT2D eigenvalue weighted by Gasteiger charge is -2.05. The van der Waals surface area contributed by atoms with Crippen molar-refractivity contribution in [1.82, 2.24) is 4.90 Å². The van der Waals surface area contributed by atoms with Crippen LogP contribution < -0.4 is 4.74 Å². The van der Waals surface area contributed by atoms with Gasteiger partial charge >= 0.3 is 0 Å². The maximum Gasteiger partial charge on any atom is 0.278 e. The van der Waals surface area contributed by atoms with Crippen LogP contribution in [0.15, 0.2) is 27.7 Å². The van der Waals surface area contributed by atoms with Crippen LogP contribution in [0, 0.1) is 0 Å². The molecule has 4 nitrogen and oxygen atoms in total. The van der Waals surface area contributed by atoms with Crippen LogP contribution in [0.4, 0.5) is 0 Å². The largest absolute Gasteiger partial charge is 0.496 e. The maximum atomic E-state index is 11.6. The predicted molar refractivity (Wildman–Crippen MR) is 67.2 cm³/mol. The van der Waals surface area contributed by atoms with Crippen LogP contribution in [0.1, 0.15) is 10.4 Å². The van der Waals surface area contributed by atoms with E-state index in [-0.39, 0.29) is 5.91 Å². The molecule has 16 heavy (non-hydrogen) atoms. The minimum absolute atomic E-state index is 0.292. The smallest absolute Gasteiger partial charge is 0.278 e. The van der Waals surface area contributed by atoms with Crippen LogP contribution >= 0.6 is 15.9 Å². The SMILES string of the molecule is COc1cc(C(=O)/N=C/N(C)C)ccc1Br. The molecule has 0 atom stereocenters. The Bertz CT molecular complexity index is 416. The van der Waals surface area contributed by atoms with Crippen LogP contribution in [-0.4, -0.2) is 38.4 Å². The van der Waals surface area contributed by atoms with Gasteiger partial charge in [0.05, 0.1) is 17.9 Å². The van der Waals surface area contributed by atoms with Gasteiger partial charge in [-0.2, -0.15) is 4.99 Å². The van der Waals surface area contributed by atoms with E-state index in [2.05, 4.69) is 20.9 Å². The highest BCUT2D eigenvalue weighted by molar-refractivity contribution is 9.10. The van der Waals surface area contributed by atoms with Gasteiger partial charge in [0.25, 0.3) is 5.91 Å². The maximum absolute atomic E-state index is 11.6. The number of amides is 1. The monoisotopic (exact) mass is 284 g/mol. The van der Waals surface area contributed by atoms with E-state index in [1.165, 1.54) is 6.34 Å². The molecule has 0 radical (unpaired) electrons. The first kappa shape index (κ1) is 12.7. The normalized spacial score (nSPS) is 10.5. The molecule has 0 bridgehead atoms. The van der Waals surface area contributed by atoms with Crippen LogP contribution in [0.5, 0.6) is 5.75 Å². The molecule has 0 spiro atoms. The molecule has 0 aliphatic rings. The first-order valence-electron chi connectivity index (χ1n) is 4.63. The van der Waals surface area contributed by atoms with E-state index < -0.39 is 0 Å². The Morgan fingerprint density at radius 2 is 2.19 bits per heavy atom. The number of aliphatic imine (C=N–C) groups is 1. The van der Waals surface area contributed by atoms with E-state index in [9.17, 15) is 4.79 Å². The standard InChI is InChI=1S/C11H13BrN2O2/c1-14(2)7-13-11(15)8-4-5-9(12)10(6-8)16-3/h4-7H,1-3H3/b13-7+. The molecule has 1 amide bonds. The predicted octanol–water partition coefficient (Wildman–Crippen LogP) is 2.19. The summed E-state index contributed by atoms with van der Waals surface area (Å²) in [5, 5.41) is 0. The van der Waals surface area contributed by atoms with Gasteiger partial charge in [-0.3, -0.25) is 4.79 Å². The summed E-state index contributed by atoms with van der Waals surface area (Å²) in [7, 11) is 5.16. The average molecular weight is 285 g/mol. The van der Waals surface area contributed by atoms with E-state index in [1.54, 1.807) is 44.3 Å². The molecule has 0 N–H and O–H groups in total. The minimum atomic E-state index is -0.292. The number of hydrogen-bond donors (Lipinski definition) is 0. The quantitative estimate of drug-likeness (QED) is 0.631. The van der Waals surface area contributed by atoms with Crippen molar-refractivity contribution in [2.75, 3.05) is 21.2 Å². The lowest BCUT2D eigenvalue weighted by Crippen LogP contribution is -2.09. The first-order valence-corrected chi connectivity index (χ1v) is 5.42. The molecule has 0 aromatic heterocycles. The fourth-order valence-corrected chi connectivity index (χ4v) is 1.44. The van der Waals surface area contributed by atoms with Crippen molar-refractivity contribution in [2.45, 2.75) is 0 Å². The molecule has 0 unspecified atom stereocenters. The van der Waals surface area contributed by atoms with Gasteiger partial charge in [0.15, 0.2) is 0 Å². The molecule has 0 aliphatic heterocycles. The van der Waals surface area contributed by atoms with Gasteiger partial charge in [0, 0.05) is 19.7 Å². The number of nitrogens with zero attached hydrogens (tertiary/aromatic N) is 2. The second kappa shape index (κ2) is 5.65. The van der Waals surface area contributed by atoms with Gasteiger partial charge in [-0.15, -0.1) is 0 Å². The van der Waals surface area contributed by atoms with Crippen LogP contribution in [0.3, 0.4) is 0 Å². The molecule has 0 saturated heterocycles. The van der Waals surface area contributed by atoms with E-state index >= 15 is 0 Å². The van der Waals surface area contributed by atoms with Crippen molar-refractivity contribution >= 4 is 28.2 Å². The molecule has 0 saturated carbocycles. The van der Waals surface area contributed by atoms with E-state index in [0.717, 1.165) is 4.47 Å². The Kier molecular flexibility index (Phi) is 4.49. The minimum Gasteiger partial charge on any atom is -0.496 e. The lowest BCUT2D eigenvalue weighted by molar-refractivity contribution is 0.100. The fourth-order valence-electron chi connectivity index (χ4n) is 1.04. The molecule has 1 rings (SSSR count). The fraction of sp³-hybridized carbons (Fsp3) is 0.273. The summed E-state index contributed by atoms with van der Waals surface area (Å²) < 4.78 is 5.91. The third kappa shape index (κ3) is 3.34. The van der Waals surface area contributed by atoms with Crippen LogP contribution in [0.25, 0.3) is 0 Å². The molecule has 0 heterocycles. The highest BCUT2D eigenvalue weighted by Crippen LogP contribution is 2.25. The van der Waals surface area contributed by atoms with Crippen molar-refractivity contribution in [2.24, 2.45) is 4.99 Å². The van der Waals surface area contributed by atoms with Crippen LogP contribution in [-0.2, 0) is 0 Å². The number of halogens is 1. The average Bonchev–Trinajstić information content (AvgIpc) is 2.26. The highest BCUT2D eigenvalue weighted by atomic mass is 79.9. The molecule has 0 aliphatic carbocycles. The summed E-state index contributed by atoms with van der Waals surface area (Å²) in [5.41, 5.74) is 0.498. The van der Waals surface area contributed by atoms with Crippen molar-refractivity contribution < 1.29 is 9.53 Å². The molecule has 1 aromatic rings. The van der Waals surface area contributed by atoms with Gasteiger partial charge < -0.3 is 9.64 Å². The molecular formula is C11H13BrN2O2. The van der Waals surface area contributed by atoms with E-state index in [4.69, 9.17) is 4.74 Å². The summed E-state index contributed by atoms with van der Waals surface area (Å²) in [5.74, 6) is 0.324. The Morgan fingerprint density at radius 3 is 2.75 bits per heavy atom. The Morgan fingerprint density at radius 1 is 1.50 bits per heavy atom. The van der Waals surface area contributed by atoms with E-state index in [1.807, 2.05) is 0 Å². The summed E-state index contributed by atoms with van der Waals surface area (Å²) >= 11 is 3.32. The first-order chi connectivity index (χ1) is 7.54. The lowest BCUT2D eigenvalue weighted by atomic mass is 10.2. The van der Waals surface area contributed by atoms with Crippen LogP contribution in [0.2, 0.25) is 0 Å². The number of rotatable bonds is 3. The summed E-state index contributed by atoms with van der Waals surface area (Å²) in [6.07, 6.45) is 1.47. The zero-order valence-corrected chi connectivity index (χ0v) is 11.0. The zero-order chi connectivity index (χ0) is 12.1. The summed E-state index contributed by atoms with van der Waals surface area (Å²) in [4.78, 5) is 17.1. The third-order valence-electron chi connectivity index (χ3n) is 1.80. The second-order valence-electron chi connectivity index (χ2n) is 3.36. The summed E-state index contributed by atoms with van der Waals surface area (Å²) in [6.45, 7) is 0. The topological polar surface area (TPSA) is 41.9 Å². The van der Waals surface area contributed by atoms with Gasteiger partial charge in [0.1, 0.15) is 5.75 Å². The van der Waals surface area contributed by atoms with Gasteiger partial charge in [-0.25, -0.2) is 0 Å². The molecule has 1 aromatic carbocycles. The number of methoxy groups -OCH3 is 1. The van der Waals surface area contributed by atoms with E-state index in [0.29, 0.717) is 11.3 Å². The van der Waals surface area contributed by atoms with Gasteiger partial charge in [-0.1, -0.05) is 0 Å². The number of carbonyl (C=O) groups is 1. The Hall–Kier alpha value is -1.36. The van der Waals surface area contributed by atoms with Gasteiger partial charge in [-0.05, 0) is 34.1 Å². The third-order valence-corrected chi connectivity index (χ3v) is 2.46. The zero-order valence-electron chi connectivity index (χ0n) is 9.40. The highest BCUT2D eigenvalue weighted by Gasteiger charge is 2.07. The number of carbonyl (C=O) groups excluding carboxylic acids is 1. The summed E-state index contributed by atoms with van der Waals surface area (Å²) in [6, 6.07) is 5.11. The number of hydrogen-bond acceptors (Lipinski definition) is 2. The molecule has 86 valence electrons. The number of benzene rings is 1. The number of ether oxygens (including phenoxy) is 1. The Labute approximate surface area is 103 Å². The molecular weight excluding hydrogens is 272 g/mol. The van der Waals surface area contributed by atoms with Crippen molar-refractivity contribution in [3.63, 3.8) is 0 Å². The van der Waals surface area contributed by atoms with Crippen molar-refractivity contribution in [3.8, 4) is 5.75 Å².